The molecule has 0 aliphatic rings. The number of carbonyl (C=O) groups is 2. The van der Waals surface area contributed by atoms with Gasteiger partial charge in [-0.2, -0.15) is 5.10 Å². The highest BCUT2D eigenvalue weighted by atomic mass is 16.2. The molecule has 1 rings (SSSR count). The first-order valence-corrected chi connectivity index (χ1v) is 5.72. The van der Waals surface area contributed by atoms with Crippen LogP contribution in [-0.4, -0.2) is 27.5 Å². The number of hydrogen-bond acceptors (Lipinski definition) is 3. The van der Waals surface area contributed by atoms with Gasteiger partial charge >= 0.3 is 0 Å². The average molecular weight is 237 g/mol. The predicted octanol–water partition coefficient (Wildman–Crippen LogP) is 1.13. The van der Waals surface area contributed by atoms with Crippen LogP contribution in [-0.2, 0) is 11.8 Å². The summed E-state index contributed by atoms with van der Waals surface area (Å²) in [6.07, 6.45) is 0.423. The summed E-state index contributed by atoms with van der Waals surface area (Å²) in [5.41, 5.74) is 2.04. The van der Waals surface area contributed by atoms with Gasteiger partial charge in [-0.3, -0.25) is 14.3 Å². The van der Waals surface area contributed by atoms with E-state index < -0.39 is 6.04 Å². The third-order valence-corrected chi connectivity index (χ3v) is 2.92. The second kappa shape index (κ2) is 5.12. The predicted molar refractivity (Wildman–Crippen MR) is 64.9 cm³/mol. The molecule has 0 spiro atoms. The van der Waals surface area contributed by atoms with Crippen molar-refractivity contribution in [2.75, 3.05) is 0 Å². The van der Waals surface area contributed by atoms with Crippen LogP contribution in [0.1, 0.15) is 42.0 Å². The van der Waals surface area contributed by atoms with Gasteiger partial charge in [0.25, 0.3) is 5.91 Å². The van der Waals surface area contributed by atoms with E-state index in [1.807, 2.05) is 6.92 Å². The van der Waals surface area contributed by atoms with E-state index in [4.69, 9.17) is 0 Å². The molecule has 1 unspecified atom stereocenters. The quantitative estimate of drug-likeness (QED) is 0.854. The van der Waals surface area contributed by atoms with Crippen molar-refractivity contribution in [2.24, 2.45) is 7.05 Å². The highest BCUT2D eigenvalue weighted by Gasteiger charge is 2.20. The Kier molecular flexibility index (Phi) is 4.04. The zero-order valence-corrected chi connectivity index (χ0v) is 11.0. The highest BCUT2D eigenvalue weighted by molar-refractivity contribution is 5.99. The Balaban J connectivity index is 2.87. The molecule has 0 aliphatic carbocycles. The standard InChI is InChI=1S/C12H19N3O2/c1-6-10(16)7(2)13-12(17)11-8(3)14-15(5)9(11)4/h7H,6H2,1-5H3,(H,13,17). The van der Waals surface area contributed by atoms with Gasteiger partial charge in [0.05, 0.1) is 17.3 Å². The molecule has 94 valence electrons. The van der Waals surface area contributed by atoms with E-state index >= 15 is 0 Å². The Bertz CT molecular complexity index is 449. The van der Waals surface area contributed by atoms with Gasteiger partial charge in [-0.1, -0.05) is 6.92 Å². The molecule has 0 radical (unpaired) electrons. The number of nitrogens with one attached hydrogen (secondary N) is 1. The van der Waals surface area contributed by atoms with Crippen molar-refractivity contribution < 1.29 is 9.59 Å². The molecule has 5 nitrogen and oxygen atoms in total. The molecule has 1 aromatic rings. The number of hydrogen-bond donors (Lipinski definition) is 1. The van der Waals surface area contributed by atoms with Gasteiger partial charge < -0.3 is 5.32 Å². The van der Waals surface area contributed by atoms with Crippen LogP contribution in [0.2, 0.25) is 0 Å². The molecule has 0 aliphatic heterocycles. The number of ketones is 1. The van der Waals surface area contributed by atoms with E-state index in [9.17, 15) is 9.59 Å². The summed E-state index contributed by atoms with van der Waals surface area (Å²) < 4.78 is 1.66. The maximum atomic E-state index is 12.0. The fourth-order valence-corrected chi connectivity index (χ4v) is 1.76. The summed E-state index contributed by atoms with van der Waals surface area (Å²) in [7, 11) is 1.79. The highest BCUT2D eigenvalue weighted by Crippen LogP contribution is 2.11. The van der Waals surface area contributed by atoms with Crippen molar-refractivity contribution in [1.29, 1.82) is 0 Å². The maximum absolute atomic E-state index is 12.0. The van der Waals surface area contributed by atoms with Crippen LogP contribution in [0.3, 0.4) is 0 Å². The molecular weight excluding hydrogens is 218 g/mol. The first kappa shape index (κ1) is 13.4. The van der Waals surface area contributed by atoms with Gasteiger partial charge in [-0.15, -0.1) is 0 Å². The van der Waals surface area contributed by atoms with Crippen molar-refractivity contribution in [3.8, 4) is 0 Å². The number of aryl methyl sites for hydroxylation is 2. The van der Waals surface area contributed by atoms with Crippen LogP contribution < -0.4 is 5.32 Å². The minimum absolute atomic E-state index is 0.0255. The lowest BCUT2D eigenvalue weighted by molar-refractivity contribution is -0.120. The molecule has 1 amide bonds. The average Bonchev–Trinajstić information content (AvgIpc) is 2.51. The molecular formula is C12H19N3O2. The number of Topliss-reactive ketones (excluding diaryl/α,β-unsaturated/α-hetero) is 1. The van der Waals surface area contributed by atoms with Crippen molar-refractivity contribution >= 4 is 11.7 Å². The molecule has 0 aromatic carbocycles. The first-order chi connectivity index (χ1) is 7.88. The van der Waals surface area contributed by atoms with Crippen molar-refractivity contribution in [3.05, 3.63) is 17.0 Å². The van der Waals surface area contributed by atoms with Crippen LogP contribution in [0.5, 0.6) is 0 Å². The van der Waals surface area contributed by atoms with E-state index in [1.165, 1.54) is 0 Å². The third-order valence-electron chi connectivity index (χ3n) is 2.92. The smallest absolute Gasteiger partial charge is 0.255 e. The monoisotopic (exact) mass is 237 g/mol. The zero-order valence-electron chi connectivity index (χ0n) is 11.0. The minimum atomic E-state index is -0.452. The molecule has 0 saturated carbocycles. The van der Waals surface area contributed by atoms with E-state index in [0.717, 1.165) is 5.69 Å². The topological polar surface area (TPSA) is 64.0 Å². The van der Waals surface area contributed by atoms with E-state index in [2.05, 4.69) is 10.4 Å². The second-order valence-electron chi connectivity index (χ2n) is 4.18. The molecule has 1 N–H and O–H groups in total. The SMILES string of the molecule is CCC(=O)C(C)NC(=O)c1c(C)nn(C)c1C. The Morgan fingerprint density at radius 3 is 2.41 bits per heavy atom. The normalized spacial score (nSPS) is 12.3. The Morgan fingerprint density at radius 2 is 2.00 bits per heavy atom. The van der Waals surface area contributed by atoms with Crippen molar-refractivity contribution in [1.82, 2.24) is 15.1 Å². The van der Waals surface area contributed by atoms with Gasteiger partial charge in [0.2, 0.25) is 0 Å². The summed E-state index contributed by atoms with van der Waals surface area (Å²) in [5, 5.41) is 6.87. The van der Waals surface area contributed by atoms with Gasteiger partial charge in [0.1, 0.15) is 0 Å². The second-order valence-corrected chi connectivity index (χ2v) is 4.18. The zero-order chi connectivity index (χ0) is 13.2. The maximum Gasteiger partial charge on any atom is 0.255 e. The summed E-state index contributed by atoms with van der Waals surface area (Å²) in [4.78, 5) is 23.4. The number of aromatic nitrogens is 2. The molecule has 5 heteroatoms. The third kappa shape index (κ3) is 2.72. The molecule has 1 atom stereocenters. The van der Waals surface area contributed by atoms with Gasteiger partial charge in [-0.05, 0) is 20.8 Å². The summed E-state index contributed by atoms with van der Waals surface area (Å²) in [5.74, 6) is -0.208. The molecule has 1 aromatic heterocycles. The summed E-state index contributed by atoms with van der Waals surface area (Å²) >= 11 is 0. The van der Waals surface area contributed by atoms with Gasteiger partial charge in [-0.25, -0.2) is 0 Å². The molecule has 17 heavy (non-hydrogen) atoms. The van der Waals surface area contributed by atoms with Gasteiger partial charge in [0.15, 0.2) is 5.78 Å². The molecule has 0 saturated heterocycles. The minimum Gasteiger partial charge on any atom is -0.342 e. The molecule has 0 bridgehead atoms. The molecule has 1 heterocycles. The summed E-state index contributed by atoms with van der Waals surface area (Å²) in [6.45, 7) is 7.10. The number of amides is 1. The Morgan fingerprint density at radius 1 is 1.41 bits per heavy atom. The van der Waals surface area contributed by atoms with Crippen LogP contribution in [0.4, 0.5) is 0 Å². The van der Waals surface area contributed by atoms with Crippen LogP contribution >= 0.6 is 0 Å². The van der Waals surface area contributed by atoms with Gasteiger partial charge in [0, 0.05) is 19.2 Å². The number of rotatable bonds is 4. The van der Waals surface area contributed by atoms with E-state index in [0.29, 0.717) is 17.7 Å². The van der Waals surface area contributed by atoms with Crippen LogP contribution in [0.25, 0.3) is 0 Å². The van der Waals surface area contributed by atoms with Crippen LogP contribution in [0.15, 0.2) is 0 Å². The van der Waals surface area contributed by atoms with E-state index in [-0.39, 0.29) is 11.7 Å². The van der Waals surface area contributed by atoms with Crippen molar-refractivity contribution in [3.63, 3.8) is 0 Å². The Hall–Kier alpha value is -1.65. The van der Waals surface area contributed by atoms with E-state index in [1.54, 1.807) is 32.5 Å². The summed E-state index contributed by atoms with van der Waals surface area (Å²) in [6, 6.07) is -0.452. The largest absolute Gasteiger partial charge is 0.342 e. The number of carbonyl (C=O) groups excluding carboxylic acids is 2. The van der Waals surface area contributed by atoms with Crippen LogP contribution in [0, 0.1) is 13.8 Å². The fraction of sp³-hybridized carbons (Fsp3) is 0.583. The lowest BCUT2D eigenvalue weighted by atomic mass is 10.1. The lowest BCUT2D eigenvalue weighted by Crippen LogP contribution is -2.38. The Labute approximate surface area is 101 Å². The number of nitrogens with zero attached hydrogens (tertiary/aromatic N) is 2. The van der Waals surface area contributed by atoms with Crippen molar-refractivity contribution in [2.45, 2.75) is 40.2 Å². The first-order valence-electron chi connectivity index (χ1n) is 5.72. The lowest BCUT2D eigenvalue weighted by Gasteiger charge is -2.11. The molecule has 0 fully saturated rings. The fourth-order valence-electron chi connectivity index (χ4n) is 1.76.